The van der Waals surface area contributed by atoms with E-state index >= 15 is 0 Å². The molecule has 0 aromatic heterocycles. The predicted octanol–water partition coefficient (Wildman–Crippen LogP) is 4.35. The van der Waals surface area contributed by atoms with E-state index in [4.69, 9.17) is 0 Å². The third kappa shape index (κ3) is 5.22. The lowest BCUT2D eigenvalue weighted by Gasteiger charge is -2.25. The molecule has 0 saturated carbocycles. The molecule has 0 aliphatic carbocycles. The molecule has 0 amide bonds. The van der Waals surface area contributed by atoms with Crippen molar-refractivity contribution in [3.8, 4) is 0 Å². The van der Waals surface area contributed by atoms with Crippen molar-refractivity contribution in [3.05, 3.63) is 35.4 Å². The van der Waals surface area contributed by atoms with E-state index in [1.807, 2.05) is 6.07 Å². The number of benzene rings is 1. The van der Waals surface area contributed by atoms with E-state index in [0.29, 0.717) is 0 Å². The van der Waals surface area contributed by atoms with Crippen molar-refractivity contribution in [3.63, 3.8) is 0 Å². The molecule has 0 atom stereocenters. The van der Waals surface area contributed by atoms with Crippen molar-refractivity contribution < 1.29 is 0 Å². The molecule has 101 valence electrons. The first kappa shape index (κ1) is 15.2. The molecule has 0 aliphatic heterocycles. The zero-order valence-electron chi connectivity index (χ0n) is 12.6. The van der Waals surface area contributed by atoms with Crippen LogP contribution in [0.15, 0.2) is 18.2 Å². The summed E-state index contributed by atoms with van der Waals surface area (Å²) in [4.78, 5) is 0. The fourth-order valence-corrected chi connectivity index (χ4v) is 1.81. The Bertz CT molecular complexity index is 352. The third-order valence-corrected chi connectivity index (χ3v) is 3.68. The van der Waals surface area contributed by atoms with Crippen LogP contribution in [-0.2, 0) is 13.0 Å². The third-order valence-electron chi connectivity index (χ3n) is 3.68. The van der Waals surface area contributed by atoms with Crippen LogP contribution in [0.3, 0.4) is 0 Å². The Morgan fingerprint density at radius 2 is 2.00 bits per heavy atom. The molecule has 18 heavy (non-hydrogen) atoms. The summed E-state index contributed by atoms with van der Waals surface area (Å²) in [5, 5.41) is 3.63. The van der Waals surface area contributed by atoms with Crippen molar-refractivity contribution in [2.24, 2.45) is 5.92 Å². The second-order valence-electron chi connectivity index (χ2n) is 6.22. The minimum Gasteiger partial charge on any atom is -0.308 e. The van der Waals surface area contributed by atoms with Gasteiger partial charge in [-0.15, -0.1) is 0 Å². The van der Waals surface area contributed by atoms with Crippen LogP contribution in [0.4, 0.5) is 0 Å². The smallest absolute Gasteiger partial charge is 0.0213 e. The SMILES string of the molecule is CCC(C)(C)NCc1c[c]ccc1CCC(C)C. The topological polar surface area (TPSA) is 12.0 Å². The van der Waals surface area contributed by atoms with Crippen LogP contribution in [0.25, 0.3) is 0 Å². The van der Waals surface area contributed by atoms with Gasteiger partial charge in [-0.3, -0.25) is 0 Å². The zero-order chi connectivity index (χ0) is 13.6. The van der Waals surface area contributed by atoms with Gasteiger partial charge in [0, 0.05) is 12.1 Å². The van der Waals surface area contributed by atoms with Crippen molar-refractivity contribution in [2.45, 2.75) is 66.0 Å². The molecular formula is C17H28N. The molecule has 0 fully saturated rings. The molecule has 0 aliphatic rings. The molecule has 0 heterocycles. The van der Waals surface area contributed by atoms with E-state index in [-0.39, 0.29) is 5.54 Å². The lowest BCUT2D eigenvalue weighted by molar-refractivity contribution is 0.373. The Morgan fingerprint density at radius 3 is 2.61 bits per heavy atom. The number of hydrogen-bond acceptors (Lipinski definition) is 1. The summed E-state index contributed by atoms with van der Waals surface area (Å²) in [7, 11) is 0. The van der Waals surface area contributed by atoms with Gasteiger partial charge < -0.3 is 5.32 Å². The number of nitrogens with one attached hydrogen (secondary N) is 1. The average molecular weight is 246 g/mol. The van der Waals surface area contributed by atoms with E-state index in [1.54, 1.807) is 0 Å². The molecular weight excluding hydrogens is 218 g/mol. The summed E-state index contributed by atoms with van der Waals surface area (Å²) in [5.41, 5.74) is 3.09. The highest BCUT2D eigenvalue weighted by Crippen LogP contribution is 2.16. The highest BCUT2D eigenvalue weighted by atomic mass is 14.9. The fourth-order valence-electron chi connectivity index (χ4n) is 1.81. The summed E-state index contributed by atoms with van der Waals surface area (Å²) < 4.78 is 0. The maximum absolute atomic E-state index is 3.63. The van der Waals surface area contributed by atoms with Gasteiger partial charge in [-0.05, 0) is 62.3 Å². The van der Waals surface area contributed by atoms with Crippen LogP contribution in [0.1, 0.15) is 58.6 Å². The molecule has 1 N–H and O–H groups in total. The molecule has 0 spiro atoms. The van der Waals surface area contributed by atoms with Crippen LogP contribution in [-0.4, -0.2) is 5.54 Å². The van der Waals surface area contributed by atoms with Gasteiger partial charge in [0.2, 0.25) is 0 Å². The van der Waals surface area contributed by atoms with Crippen molar-refractivity contribution >= 4 is 0 Å². The standard InChI is InChI=1S/C17H28N/c1-6-17(4,5)18-13-16-10-8-7-9-15(16)12-11-14(2)3/h7,9-10,14,18H,6,11-13H2,1-5H3. The monoisotopic (exact) mass is 246 g/mol. The Labute approximate surface area is 113 Å². The van der Waals surface area contributed by atoms with Gasteiger partial charge >= 0.3 is 0 Å². The van der Waals surface area contributed by atoms with E-state index in [0.717, 1.165) is 18.9 Å². The van der Waals surface area contributed by atoms with Gasteiger partial charge in [0.25, 0.3) is 0 Å². The quantitative estimate of drug-likeness (QED) is 0.754. The Morgan fingerprint density at radius 1 is 1.28 bits per heavy atom. The molecule has 1 radical (unpaired) electrons. The maximum atomic E-state index is 3.63. The van der Waals surface area contributed by atoms with Gasteiger partial charge in [-0.1, -0.05) is 32.9 Å². The Hall–Kier alpha value is -0.820. The predicted molar refractivity (Wildman–Crippen MR) is 79.6 cm³/mol. The molecule has 0 bridgehead atoms. The van der Waals surface area contributed by atoms with E-state index in [2.05, 4.69) is 58.1 Å². The van der Waals surface area contributed by atoms with Crippen LogP contribution in [0.5, 0.6) is 0 Å². The average Bonchev–Trinajstić information content (AvgIpc) is 2.35. The van der Waals surface area contributed by atoms with Gasteiger partial charge in [-0.2, -0.15) is 0 Å². The minimum atomic E-state index is 0.213. The lowest BCUT2D eigenvalue weighted by atomic mass is 9.97. The minimum absolute atomic E-state index is 0.213. The number of aryl methyl sites for hydroxylation is 1. The Balaban J connectivity index is 2.64. The number of rotatable bonds is 7. The molecule has 1 nitrogen and oxygen atoms in total. The van der Waals surface area contributed by atoms with Crippen molar-refractivity contribution in [1.82, 2.24) is 5.32 Å². The van der Waals surface area contributed by atoms with E-state index in [1.165, 1.54) is 24.0 Å². The first-order valence-corrected chi connectivity index (χ1v) is 7.17. The highest BCUT2D eigenvalue weighted by Gasteiger charge is 2.14. The van der Waals surface area contributed by atoms with Crippen LogP contribution in [0, 0.1) is 12.0 Å². The Kier molecular flexibility index (Phi) is 5.87. The molecule has 1 aromatic carbocycles. The fraction of sp³-hybridized carbons (Fsp3) is 0.647. The second kappa shape index (κ2) is 6.94. The molecule has 0 unspecified atom stereocenters. The van der Waals surface area contributed by atoms with Crippen LogP contribution < -0.4 is 5.32 Å². The summed E-state index contributed by atoms with van der Waals surface area (Å²) >= 11 is 0. The van der Waals surface area contributed by atoms with Gasteiger partial charge in [0.1, 0.15) is 0 Å². The van der Waals surface area contributed by atoms with Crippen molar-refractivity contribution in [1.29, 1.82) is 0 Å². The molecule has 1 heteroatoms. The molecule has 1 aromatic rings. The highest BCUT2D eigenvalue weighted by molar-refractivity contribution is 5.26. The molecule has 1 rings (SSSR count). The summed E-state index contributed by atoms with van der Waals surface area (Å²) in [6.45, 7) is 12.3. The second-order valence-corrected chi connectivity index (χ2v) is 6.22. The first-order chi connectivity index (χ1) is 8.44. The first-order valence-electron chi connectivity index (χ1n) is 7.17. The largest absolute Gasteiger partial charge is 0.308 e. The van der Waals surface area contributed by atoms with Crippen molar-refractivity contribution in [2.75, 3.05) is 0 Å². The van der Waals surface area contributed by atoms with Crippen LogP contribution in [0.2, 0.25) is 0 Å². The maximum Gasteiger partial charge on any atom is 0.0213 e. The van der Waals surface area contributed by atoms with Gasteiger partial charge in [0.05, 0.1) is 0 Å². The summed E-state index contributed by atoms with van der Waals surface area (Å²) in [6.07, 6.45) is 3.58. The molecule has 0 saturated heterocycles. The van der Waals surface area contributed by atoms with E-state index < -0.39 is 0 Å². The zero-order valence-corrected chi connectivity index (χ0v) is 12.6. The number of hydrogen-bond donors (Lipinski definition) is 1. The summed E-state index contributed by atoms with van der Waals surface area (Å²) in [5.74, 6) is 0.766. The summed E-state index contributed by atoms with van der Waals surface area (Å²) in [6, 6.07) is 9.59. The van der Waals surface area contributed by atoms with Gasteiger partial charge in [-0.25, -0.2) is 0 Å². The van der Waals surface area contributed by atoms with E-state index in [9.17, 15) is 0 Å². The normalized spacial score (nSPS) is 12.1. The van der Waals surface area contributed by atoms with Gasteiger partial charge in [0.15, 0.2) is 0 Å². The van der Waals surface area contributed by atoms with Crippen LogP contribution >= 0.6 is 0 Å². The lowest BCUT2D eigenvalue weighted by Crippen LogP contribution is -2.38.